The number of aryl methyl sites for hydroxylation is 1. The minimum atomic E-state index is -0.625. The predicted octanol–water partition coefficient (Wildman–Crippen LogP) is 14.0. The zero-order valence-corrected chi connectivity index (χ0v) is 57.9. The zero-order valence-electron chi connectivity index (χ0n) is 57.9. The number of anilines is 8. The predicted molar refractivity (Wildman–Crippen MR) is 372 cm³/mol. The normalized spacial score (nSPS) is 19.2. The van der Waals surface area contributed by atoms with Gasteiger partial charge in [-0.05, 0) is 182 Å². The Labute approximate surface area is 566 Å². The van der Waals surface area contributed by atoms with Crippen LogP contribution in [0.1, 0.15) is 226 Å². The number of amides is 4. The third-order valence-electron chi connectivity index (χ3n) is 19.6. The van der Waals surface area contributed by atoms with Crippen LogP contribution in [-0.2, 0) is 44.7 Å². The van der Waals surface area contributed by atoms with Gasteiger partial charge in [0.25, 0.3) is 0 Å². The van der Waals surface area contributed by atoms with E-state index in [1.807, 2.05) is 65.8 Å². The van der Waals surface area contributed by atoms with Crippen LogP contribution in [0.2, 0.25) is 0 Å². The largest absolute Gasteiger partial charge is 0.461 e. The van der Waals surface area contributed by atoms with Crippen LogP contribution >= 0.6 is 0 Å². The van der Waals surface area contributed by atoms with Gasteiger partial charge in [-0.25, -0.2) is 28.3 Å². The summed E-state index contributed by atoms with van der Waals surface area (Å²) >= 11 is 0. The Morgan fingerprint density at radius 3 is 1.46 bits per heavy atom. The number of benzene rings is 2. The molecule has 0 unspecified atom stereocenters. The molecule has 4 heterocycles. The lowest BCUT2D eigenvalue weighted by Crippen LogP contribution is -2.55. The first-order valence-electron chi connectivity index (χ1n) is 35.9. The molecule has 4 atom stereocenters. The van der Waals surface area contributed by atoms with Gasteiger partial charge < -0.3 is 50.3 Å². The summed E-state index contributed by atoms with van der Waals surface area (Å²) in [6.07, 6.45) is 30.8. The van der Waals surface area contributed by atoms with Crippen molar-refractivity contribution >= 4 is 87.9 Å². The van der Waals surface area contributed by atoms with E-state index in [2.05, 4.69) is 41.0 Å². The van der Waals surface area contributed by atoms with Gasteiger partial charge in [0.05, 0.1) is 23.8 Å². The van der Waals surface area contributed by atoms with E-state index in [0.29, 0.717) is 86.5 Å². The van der Waals surface area contributed by atoms with Crippen LogP contribution < -0.4 is 40.9 Å². The van der Waals surface area contributed by atoms with Gasteiger partial charge in [0.2, 0.25) is 35.5 Å². The number of nitrogens with one attached hydrogen (secondary N) is 4. The Morgan fingerprint density at radius 1 is 0.583 bits per heavy atom. The van der Waals surface area contributed by atoms with Gasteiger partial charge >= 0.3 is 11.9 Å². The van der Waals surface area contributed by atoms with Gasteiger partial charge in [0.1, 0.15) is 59.4 Å². The third kappa shape index (κ3) is 19.3. The quantitative estimate of drug-likeness (QED) is 0.0292. The van der Waals surface area contributed by atoms with E-state index >= 15 is 8.78 Å². The molecule has 6 aliphatic rings. The fourth-order valence-corrected chi connectivity index (χ4v) is 14.5. The molecule has 4 N–H and O–H groups in total. The molecule has 4 aromatic rings. The number of hydrogen-bond acceptors (Lipinski definition) is 16. The molecule has 4 fully saturated rings. The molecule has 4 saturated carbocycles. The van der Waals surface area contributed by atoms with Gasteiger partial charge in [0.15, 0.2) is 11.6 Å². The van der Waals surface area contributed by atoms with Crippen molar-refractivity contribution in [1.82, 2.24) is 30.6 Å². The van der Waals surface area contributed by atoms with Crippen LogP contribution in [0.15, 0.2) is 54.9 Å². The number of aromatic nitrogens is 4. The van der Waals surface area contributed by atoms with Crippen molar-refractivity contribution in [3.63, 3.8) is 0 Å². The molecule has 0 bridgehead atoms. The Balaban J connectivity index is 0.000000225. The average molecular weight is 1330 g/mol. The van der Waals surface area contributed by atoms with Crippen LogP contribution in [-0.4, -0.2) is 118 Å². The number of esters is 2. The van der Waals surface area contributed by atoms with Crippen LogP contribution in [0, 0.1) is 23.5 Å². The Bertz CT molecular complexity index is 3330. The van der Waals surface area contributed by atoms with Crippen molar-refractivity contribution in [1.29, 1.82) is 0 Å². The van der Waals surface area contributed by atoms with Crippen LogP contribution in [0.5, 0.6) is 0 Å². The number of halogens is 2. The smallest absolute Gasteiger partial charge is 0.328 e. The minimum absolute atomic E-state index is 0.0214. The number of fused-ring (bicyclic) bond motifs is 2. The first-order valence-corrected chi connectivity index (χ1v) is 35.9. The average Bonchev–Trinajstić information content (AvgIpc) is 1.07. The van der Waals surface area contributed by atoms with Crippen molar-refractivity contribution < 1.29 is 47.0 Å². The lowest BCUT2D eigenvalue weighted by Gasteiger charge is -2.43. The number of nitrogens with zero attached hydrogens (tertiary/aromatic N) is 8. The molecule has 2 aromatic carbocycles. The molecule has 2 aromatic heterocycles. The topological polar surface area (TPSA) is 234 Å². The summed E-state index contributed by atoms with van der Waals surface area (Å²) < 4.78 is 41.8. The Morgan fingerprint density at radius 2 is 1.02 bits per heavy atom. The zero-order chi connectivity index (χ0) is 68.4. The number of rotatable bonds is 29. The second-order valence-corrected chi connectivity index (χ2v) is 28.0. The fourth-order valence-electron chi connectivity index (χ4n) is 14.5. The SMILES string of the molecule is CC[C@@H]1C(=O)N(C)c2cnc(Nc3ccc(/C=C/CCCC(=O)N[C@@H](CC(C)C)C(=O)OC4CCCC4)cc3F)nc2N1C1CCCC1.CC[C@@H]1C(=O)N(C)c2cnc(Nc3ccc(CCCCCC(=O)N[C@@H](CC(C)C)C(=O)OC4CCCC4)cc3F)nc2N1C1CCCC1. The molecule has 22 heteroatoms. The van der Waals surface area contributed by atoms with Crippen LogP contribution in [0.25, 0.3) is 6.08 Å². The Kier molecular flexibility index (Phi) is 26.4. The molecule has 2 aliphatic heterocycles. The van der Waals surface area contributed by atoms with E-state index in [-0.39, 0.29) is 113 Å². The maximum Gasteiger partial charge on any atom is 0.328 e. The van der Waals surface area contributed by atoms with Crippen molar-refractivity contribution in [2.75, 3.05) is 44.3 Å². The first-order chi connectivity index (χ1) is 46.3. The molecule has 10 rings (SSSR count). The molecular formula is C74H104F2N12O8. The van der Waals surface area contributed by atoms with Crippen molar-refractivity contribution in [3.8, 4) is 0 Å². The summed E-state index contributed by atoms with van der Waals surface area (Å²) in [5.74, 6) is 0.824. The van der Waals surface area contributed by atoms with Gasteiger partial charge in [-0.1, -0.05) is 97.9 Å². The summed E-state index contributed by atoms with van der Waals surface area (Å²) in [5, 5.41) is 11.9. The van der Waals surface area contributed by atoms with E-state index in [1.165, 1.54) is 12.1 Å². The summed E-state index contributed by atoms with van der Waals surface area (Å²) in [6, 6.07) is 8.77. The Hall–Kier alpha value is -7.78. The summed E-state index contributed by atoms with van der Waals surface area (Å²) in [6.45, 7) is 12.2. The molecule has 96 heavy (non-hydrogen) atoms. The van der Waals surface area contributed by atoms with Crippen LogP contribution in [0.3, 0.4) is 0 Å². The minimum Gasteiger partial charge on any atom is -0.461 e. The number of allylic oxidation sites excluding steroid dienone is 1. The molecule has 0 radical (unpaired) electrons. The standard InChI is InChI=1S/C37H53FN6O4.C37H51FN6O4/c2*1-5-31-35(46)43(4)32-23-39-37(42-34(32)44(31)26-14-9-10-15-26)41-29-20-19-25(22-28(29)38)13-7-6-8-18-33(45)40-30(21-24(2)3)36(47)48-27-16-11-12-17-27/h19-20,22-24,26-27,30-31H,5-18,21H2,1-4H3,(H,40,45)(H,39,41,42);7,13,19-20,22-24,26-27,30-31H,5-6,8-12,14-18,21H2,1-4H3,(H,40,45)(H,39,41,42)/b;13-7+/t2*30-,31+/m00/s1. The molecule has 20 nitrogen and oxygen atoms in total. The number of carbonyl (C=O) groups is 6. The number of likely N-dealkylation sites (N-methyl/N-ethyl adjacent to an activating group) is 2. The molecular weight excluding hydrogens is 1220 g/mol. The van der Waals surface area contributed by atoms with E-state index in [4.69, 9.17) is 19.4 Å². The molecule has 4 amide bonds. The number of carbonyl (C=O) groups excluding carboxylic acids is 6. The van der Waals surface area contributed by atoms with E-state index in [1.54, 1.807) is 48.4 Å². The lowest BCUT2D eigenvalue weighted by atomic mass is 10.0. The van der Waals surface area contributed by atoms with Crippen LogP contribution in [0.4, 0.5) is 55.1 Å². The maximum absolute atomic E-state index is 15.2. The second-order valence-electron chi connectivity index (χ2n) is 28.0. The summed E-state index contributed by atoms with van der Waals surface area (Å²) in [4.78, 5) is 103. The fraction of sp³-hybridized carbons (Fsp3) is 0.622. The second kappa shape index (κ2) is 34.9. The first kappa shape index (κ1) is 72.5. The molecule has 0 saturated heterocycles. The van der Waals surface area contributed by atoms with Gasteiger partial charge in [-0.2, -0.15) is 9.97 Å². The highest BCUT2D eigenvalue weighted by molar-refractivity contribution is 6.05. The third-order valence-corrected chi connectivity index (χ3v) is 19.6. The highest BCUT2D eigenvalue weighted by Crippen LogP contribution is 2.42. The highest BCUT2D eigenvalue weighted by Gasteiger charge is 2.43. The number of ether oxygens (including phenoxy) is 2. The van der Waals surface area contributed by atoms with E-state index in [9.17, 15) is 28.8 Å². The monoisotopic (exact) mass is 1330 g/mol. The maximum atomic E-state index is 15.2. The van der Waals surface area contributed by atoms with Gasteiger partial charge in [-0.3, -0.25) is 19.2 Å². The molecule has 4 aliphatic carbocycles. The van der Waals surface area contributed by atoms with Crippen molar-refractivity contribution in [3.05, 3.63) is 77.6 Å². The van der Waals surface area contributed by atoms with E-state index in [0.717, 1.165) is 127 Å². The number of hydrogen-bond donors (Lipinski definition) is 4. The summed E-state index contributed by atoms with van der Waals surface area (Å²) in [7, 11) is 3.52. The van der Waals surface area contributed by atoms with E-state index < -0.39 is 17.9 Å². The van der Waals surface area contributed by atoms with Crippen molar-refractivity contribution in [2.24, 2.45) is 11.8 Å². The molecule has 522 valence electrons. The van der Waals surface area contributed by atoms with Gasteiger partial charge in [0, 0.05) is 39.0 Å². The highest BCUT2D eigenvalue weighted by atomic mass is 19.1. The lowest BCUT2D eigenvalue weighted by molar-refractivity contribution is -0.153. The van der Waals surface area contributed by atoms with Crippen molar-refractivity contribution in [2.45, 2.75) is 270 Å². The van der Waals surface area contributed by atoms with Gasteiger partial charge in [-0.15, -0.1) is 0 Å². The summed E-state index contributed by atoms with van der Waals surface area (Å²) in [5.41, 5.74) is 3.45. The molecule has 0 spiro atoms. The number of unbranched alkanes of at least 4 members (excludes halogenated alkanes) is 3.